The number of hydrogen-bond donors (Lipinski definition) is 0. The van der Waals surface area contributed by atoms with Crippen LogP contribution < -0.4 is 0 Å². The van der Waals surface area contributed by atoms with Gasteiger partial charge in [-0.05, 0) is 26.9 Å². The summed E-state index contributed by atoms with van der Waals surface area (Å²) in [6, 6.07) is 0.667. The molecule has 0 bridgehead atoms. The zero-order valence-corrected chi connectivity index (χ0v) is 6.00. The van der Waals surface area contributed by atoms with Crippen LogP contribution in [0.15, 0.2) is 0 Å². The van der Waals surface area contributed by atoms with Gasteiger partial charge in [0, 0.05) is 12.0 Å². The maximum Gasteiger partial charge on any atom is 0.123 e. The van der Waals surface area contributed by atoms with Gasteiger partial charge in [-0.25, -0.2) is 0 Å². The van der Waals surface area contributed by atoms with Crippen molar-refractivity contribution in [3.05, 3.63) is 0 Å². The fourth-order valence-corrected chi connectivity index (χ4v) is 1.16. The Morgan fingerprint density at radius 2 is 2.00 bits per heavy atom. The number of rotatable bonds is 2. The Morgan fingerprint density at radius 3 is 2.33 bits per heavy atom. The van der Waals surface area contributed by atoms with E-state index < -0.39 is 0 Å². The molecular weight excluding hydrogens is 114 g/mol. The van der Waals surface area contributed by atoms with Gasteiger partial charge < -0.3 is 9.69 Å². The third-order valence-electron chi connectivity index (χ3n) is 2.07. The Hall–Kier alpha value is -0.370. The Balaban J connectivity index is 2.19. The molecule has 9 heavy (non-hydrogen) atoms. The second-order valence-corrected chi connectivity index (χ2v) is 2.99. The van der Waals surface area contributed by atoms with Crippen LogP contribution in [0.25, 0.3) is 0 Å². The molecule has 0 atom stereocenters. The lowest BCUT2D eigenvalue weighted by Crippen LogP contribution is -2.40. The second-order valence-electron chi connectivity index (χ2n) is 2.99. The Labute approximate surface area is 55.8 Å². The van der Waals surface area contributed by atoms with E-state index in [-0.39, 0.29) is 0 Å². The zero-order valence-electron chi connectivity index (χ0n) is 6.00. The molecule has 1 saturated carbocycles. The summed E-state index contributed by atoms with van der Waals surface area (Å²) in [5.41, 5.74) is 0. The first-order valence-electron chi connectivity index (χ1n) is 3.35. The van der Waals surface area contributed by atoms with Crippen molar-refractivity contribution in [2.45, 2.75) is 18.9 Å². The molecule has 0 N–H and O–H groups in total. The molecule has 0 aliphatic heterocycles. The average molecular weight is 127 g/mol. The van der Waals surface area contributed by atoms with Gasteiger partial charge in [-0.2, -0.15) is 0 Å². The molecular formula is C7H13NO. The molecule has 0 heterocycles. The Bertz CT molecular complexity index is 105. The van der Waals surface area contributed by atoms with Gasteiger partial charge in [0.15, 0.2) is 0 Å². The molecule has 0 unspecified atom stereocenters. The third kappa shape index (κ3) is 1.30. The van der Waals surface area contributed by atoms with Gasteiger partial charge in [0.2, 0.25) is 0 Å². The highest BCUT2D eigenvalue weighted by Gasteiger charge is 2.29. The SMILES string of the molecule is CN(C)C1CC(C=O)C1. The molecule has 2 heteroatoms. The molecule has 1 fully saturated rings. The standard InChI is InChI=1S/C7H13NO/c1-8(2)7-3-6(4-7)5-9/h5-7H,3-4H2,1-2H3. The number of carbonyl (C=O) groups is 1. The number of carbonyl (C=O) groups excluding carboxylic acids is 1. The summed E-state index contributed by atoms with van der Waals surface area (Å²) in [6.07, 6.45) is 3.20. The minimum atomic E-state index is 0.359. The molecule has 0 spiro atoms. The first kappa shape index (κ1) is 6.75. The van der Waals surface area contributed by atoms with Crippen LogP contribution in [0.3, 0.4) is 0 Å². The van der Waals surface area contributed by atoms with E-state index in [4.69, 9.17) is 0 Å². The maximum absolute atomic E-state index is 10.1. The van der Waals surface area contributed by atoms with Crippen LogP contribution in [0.1, 0.15) is 12.8 Å². The van der Waals surface area contributed by atoms with Gasteiger partial charge in [-0.1, -0.05) is 0 Å². The van der Waals surface area contributed by atoms with Crippen LogP contribution in [-0.2, 0) is 4.79 Å². The van der Waals surface area contributed by atoms with E-state index in [2.05, 4.69) is 19.0 Å². The monoisotopic (exact) mass is 127 g/mol. The van der Waals surface area contributed by atoms with Gasteiger partial charge in [-0.3, -0.25) is 0 Å². The zero-order chi connectivity index (χ0) is 6.85. The molecule has 2 nitrogen and oxygen atoms in total. The van der Waals surface area contributed by atoms with E-state index in [9.17, 15) is 4.79 Å². The van der Waals surface area contributed by atoms with Gasteiger partial charge in [0.1, 0.15) is 6.29 Å². The van der Waals surface area contributed by atoms with Crippen molar-refractivity contribution in [3.63, 3.8) is 0 Å². The topological polar surface area (TPSA) is 20.3 Å². The number of hydrogen-bond acceptors (Lipinski definition) is 2. The van der Waals surface area contributed by atoms with Crippen molar-refractivity contribution >= 4 is 6.29 Å². The van der Waals surface area contributed by atoms with E-state index in [0.29, 0.717) is 12.0 Å². The Morgan fingerprint density at radius 1 is 1.44 bits per heavy atom. The minimum absolute atomic E-state index is 0.359. The van der Waals surface area contributed by atoms with E-state index in [1.807, 2.05) is 0 Å². The van der Waals surface area contributed by atoms with Gasteiger partial charge >= 0.3 is 0 Å². The van der Waals surface area contributed by atoms with E-state index in [1.165, 1.54) is 0 Å². The summed E-state index contributed by atoms with van der Waals surface area (Å²) < 4.78 is 0. The van der Waals surface area contributed by atoms with Crippen molar-refractivity contribution < 1.29 is 4.79 Å². The van der Waals surface area contributed by atoms with Crippen LogP contribution in [-0.4, -0.2) is 31.3 Å². The molecule has 0 saturated heterocycles. The van der Waals surface area contributed by atoms with Crippen LogP contribution in [0.2, 0.25) is 0 Å². The molecule has 0 aromatic carbocycles. The van der Waals surface area contributed by atoms with Crippen LogP contribution in [0.5, 0.6) is 0 Å². The summed E-state index contributed by atoms with van der Waals surface area (Å²) in [5.74, 6) is 0.359. The quantitative estimate of drug-likeness (QED) is 0.504. The van der Waals surface area contributed by atoms with Crippen LogP contribution >= 0.6 is 0 Å². The second kappa shape index (κ2) is 2.48. The van der Waals surface area contributed by atoms with Crippen LogP contribution in [0, 0.1) is 5.92 Å². The van der Waals surface area contributed by atoms with Crippen molar-refractivity contribution in [2.24, 2.45) is 5.92 Å². The van der Waals surface area contributed by atoms with E-state index in [0.717, 1.165) is 19.1 Å². The lowest BCUT2D eigenvalue weighted by atomic mass is 9.81. The predicted molar refractivity (Wildman–Crippen MR) is 36.3 cm³/mol. The van der Waals surface area contributed by atoms with E-state index >= 15 is 0 Å². The summed E-state index contributed by atoms with van der Waals surface area (Å²) >= 11 is 0. The van der Waals surface area contributed by atoms with Crippen molar-refractivity contribution in [1.29, 1.82) is 0 Å². The molecule has 1 aliphatic carbocycles. The largest absolute Gasteiger partial charge is 0.306 e. The summed E-state index contributed by atoms with van der Waals surface area (Å²) in [4.78, 5) is 12.3. The summed E-state index contributed by atoms with van der Waals surface area (Å²) in [7, 11) is 4.12. The molecule has 0 aromatic rings. The van der Waals surface area contributed by atoms with Crippen molar-refractivity contribution in [3.8, 4) is 0 Å². The highest BCUT2D eigenvalue weighted by molar-refractivity contribution is 5.55. The number of aldehydes is 1. The van der Waals surface area contributed by atoms with Gasteiger partial charge in [0.05, 0.1) is 0 Å². The highest BCUT2D eigenvalue weighted by Crippen LogP contribution is 2.28. The molecule has 1 rings (SSSR count). The van der Waals surface area contributed by atoms with Gasteiger partial charge in [-0.15, -0.1) is 0 Å². The highest BCUT2D eigenvalue weighted by atomic mass is 16.1. The normalized spacial score (nSPS) is 34.1. The Kier molecular flexibility index (Phi) is 1.86. The fourth-order valence-electron chi connectivity index (χ4n) is 1.16. The average Bonchev–Trinajstić information content (AvgIpc) is 1.61. The van der Waals surface area contributed by atoms with E-state index in [1.54, 1.807) is 0 Å². The molecule has 52 valence electrons. The fraction of sp³-hybridized carbons (Fsp3) is 0.857. The third-order valence-corrected chi connectivity index (χ3v) is 2.07. The summed E-state index contributed by atoms with van der Waals surface area (Å²) in [5, 5.41) is 0. The van der Waals surface area contributed by atoms with Crippen molar-refractivity contribution in [2.75, 3.05) is 14.1 Å². The predicted octanol–water partition coefficient (Wildman–Crippen LogP) is 0.525. The smallest absolute Gasteiger partial charge is 0.123 e. The number of nitrogens with zero attached hydrogens (tertiary/aromatic N) is 1. The molecule has 0 radical (unpaired) electrons. The lowest BCUT2D eigenvalue weighted by molar-refractivity contribution is -0.114. The summed E-state index contributed by atoms with van der Waals surface area (Å²) in [6.45, 7) is 0. The molecule has 0 aromatic heterocycles. The minimum Gasteiger partial charge on any atom is -0.306 e. The van der Waals surface area contributed by atoms with Crippen LogP contribution in [0.4, 0.5) is 0 Å². The molecule has 1 aliphatic rings. The lowest BCUT2D eigenvalue weighted by Gasteiger charge is -2.36. The molecule has 0 amide bonds. The maximum atomic E-state index is 10.1. The van der Waals surface area contributed by atoms with Gasteiger partial charge in [0.25, 0.3) is 0 Å². The first-order valence-corrected chi connectivity index (χ1v) is 3.35. The first-order chi connectivity index (χ1) is 4.24. The van der Waals surface area contributed by atoms with Crippen molar-refractivity contribution in [1.82, 2.24) is 4.90 Å².